The minimum atomic E-state index is -1.21. The highest BCUT2D eigenvalue weighted by Gasteiger charge is 2.36. The lowest BCUT2D eigenvalue weighted by atomic mass is 9.93. The van der Waals surface area contributed by atoms with Gasteiger partial charge in [0.05, 0.1) is 18.6 Å². The number of H-pyrrole nitrogens is 1. The number of aromatic amines is 1. The van der Waals surface area contributed by atoms with Crippen LogP contribution in [0.5, 0.6) is 0 Å². The van der Waals surface area contributed by atoms with Crippen LogP contribution < -0.4 is 10.6 Å². The molecule has 0 aliphatic heterocycles. The van der Waals surface area contributed by atoms with E-state index in [9.17, 15) is 9.59 Å². The van der Waals surface area contributed by atoms with E-state index >= 15 is 0 Å². The second-order valence-electron chi connectivity index (χ2n) is 3.98. The summed E-state index contributed by atoms with van der Waals surface area (Å²) in [6.45, 7) is 3.73. The van der Waals surface area contributed by atoms with Crippen LogP contribution in [0.2, 0.25) is 0 Å². The maximum Gasteiger partial charge on any atom is 0.329 e. The Morgan fingerprint density at radius 3 is 2.56 bits per heavy atom. The normalized spacial score (nSPS) is 11.0. The Hall–Kier alpha value is -2.05. The molecule has 1 aromatic rings. The highest BCUT2D eigenvalue weighted by atomic mass is 16.4. The molecule has 100 valence electrons. The monoisotopic (exact) mass is 254 g/mol. The van der Waals surface area contributed by atoms with E-state index in [1.807, 2.05) is 0 Å². The predicted molar refractivity (Wildman–Crippen MR) is 64.9 cm³/mol. The number of urea groups is 1. The zero-order valence-corrected chi connectivity index (χ0v) is 10.5. The fraction of sp³-hybridized carbons (Fsp3) is 0.545. The number of rotatable bonds is 6. The summed E-state index contributed by atoms with van der Waals surface area (Å²) < 4.78 is 0. The Labute approximate surface area is 105 Å². The van der Waals surface area contributed by atoms with Crippen molar-refractivity contribution in [2.45, 2.75) is 38.8 Å². The molecule has 0 fully saturated rings. The van der Waals surface area contributed by atoms with E-state index in [1.54, 1.807) is 20.0 Å². The molecule has 0 aromatic carbocycles. The van der Waals surface area contributed by atoms with Gasteiger partial charge in [0.15, 0.2) is 0 Å². The van der Waals surface area contributed by atoms with E-state index in [0.29, 0.717) is 12.8 Å². The number of hydrogen-bond donors (Lipinski definition) is 4. The third kappa shape index (κ3) is 3.22. The Morgan fingerprint density at radius 2 is 2.11 bits per heavy atom. The van der Waals surface area contributed by atoms with E-state index in [1.165, 1.54) is 6.33 Å². The quantitative estimate of drug-likeness (QED) is 0.603. The lowest BCUT2D eigenvalue weighted by molar-refractivity contribution is -0.144. The van der Waals surface area contributed by atoms with Gasteiger partial charge in [0.1, 0.15) is 5.54 Å². The van der Waals surface area contributed by atoms with Crippen molar-refractivity contribution in [1.29, 1.82) is 0 Å². The number of amides is 2. The van der Waals surface area contributed by atoms with Crippen molar-refractivity contribution in [3.05, 3.63) is 18.2 Å². The van der Waals surface area contributed by atoms with E-state index in [4.69, 9.17) is 5.11 Å². The third-order valence-electron chi connectivity index (χ3n) is 2.96. The molecule has 4 N–H and O–H groups in total. The molecule has 0 saturated carbocycles. The molecule has 0 unspecified atom stereocenters. The molecule has 1 rings (SSSR count). The third-order valence-corrected chi connectivity index (χ3v) is 2.96. The van der Waals surface area contributed by atoms with Gasteiger partial charge in [-0.25, -0.2) is 14.6 Å². The minimum absolute atomic E-state index is 0.273. The molecular formula is C11H18N4O3. The van der Waals surface area contributed by atoms with Crippen LogP contribution in [0.25, 0.3) is 0 Å². The molecule has 0 saturated heterocycles. The molecule has 0 aliphatic carbocycles. The SMILES string of the molecule is CCC(CC)(NC(=O)NCc1cnc[nH]1)C(=O)O. The van der Waals surface area contributed by atoms with Crippen LogP contribution in [-0.4, -0.2) is 32.6 Å². The van der Waals surface area contributed by atoms with Gasteiger partial charge in [0.2, 0.25) is 0 Å². The molecule has 0 spiro atoms. The molecule has 1 aromatic heterocycles. The second-order valence-corrected chi connectivity index (χ2v) is 3.98. The van der Waals surface area contributed by atoms with Gasteiger partial charge >= 0.3 is 12.0 Å². The Balaban J connectivity index is 2.54. The highest BCUT2D eigenvalue weighted by molar-refractivity contribution is 5.86. The lowest BCUT2D eigenvalue weighted by Crippen LogP contribution is -2.56. The van der Waals surface area contributed by atoms with E-state index in [0.717, 1.165) is 5.69 Å². The van der Waals surface area contributed by atoms with Gasteiger partial charge in [-0.3, -0.25) is 0 Å². The van der Waals surface area contributed by atoms with Crippen LogP contribution in [0.4, 0.5) is 4.79 Å². The van der Waals surface area contributed by atoms with Crippen molar-refractivity contribution in [3.8, 4) is 0 Å². The van der Waals surface area contributed by atoms with Gasteiger partial charge in [-0.05, 0) is 12.8 Å². The van der Waals surface area contributed by atoms with Crippen LogP contribution in [0, 0.1) is 0 Å². The molecule has 7 nitrogen and oxygen atoms in total. The van der Waals surface area contributed by atoms with E-state index in [2.05, 4.69) is 20.6 Å². The fourth-order valence-corrected chi connectivity index (χ4v) is 1.60. The van der Waals surface area contributed by atoms with E-state index in [-0.39, 0.29) is 6.54 Å². The number of aromatic nitrogens is 2. The summed E-state index contributed by atoms with van der Waals surface area (Å²) in [5.41, 5.74) is -0.461. The second kappa shape index (κ2) is 6.04. The van der Waals surface area contributed by atoms with Crippen LogP contribution >= 0.6 is 0 Å². The Bertz CT molecular complexity index is 398. The van der Waals surface area contributed by atoms with Crippen LogP contribution in [0.1, 0.15) is 32.4 Å². The maximum absolute atomic E-state index is 11.7. The summed E-state index contributed by atoms with van der Waals surface area (Å²) in [7, 11) is 0. The van der Waals surface area contributed by atoms with Crippen molar-refractivity contribution in [2.24, 2.45) is 0 Å². The Morgan fingerprint density at radius 1 is 1.44 bits per heavy atom. The topological polar surface area (TPSA) is 107 Å². The molecule has 1 heterocycles. The number of carboxylic acids is 1. The Kier molecular flexibility index (Phi) is 4.70. The number of aliphatic carboxylic acids is 1. The summed E-state index contributed by atoms with van der Waals surface area (Å²) in [5.74, 6) is -1.02. The maximum atomic E-state index is 11.7. The number of carbonyl (C=O) groups excluding carboxylic acids is 1. The summed E-state index contributed by atoms with van der Waals surface area (Å²) in [6.07, 6.45) is 3.76. The van der Waals surface area contributed by atoms with Crippen molar-refractivity contribution in [2.75, 3.05) is 0 Å². The van der Waals surface area contributed by atoms with Gasteiger partial charge in [-0.15, -0.1) is 0 Å². The summed E-state index contributed by atoms with van der Waals surface area (Å²) in [6, 6.07) is -0.504. The number of nitrogens with one attached hydrogen (secondary N) is 3. The first-order valence-corrected chi connectivity index (χ1v) is 5.80. The molecule has 0 bridgehead atoms. The van der Waals surface area contributed by atoms with Crippen molar-refractivity contribution < 1.29 is 14.7 Å². The predicted octanol–water partition coefficient (Wildman–Crippen LogP) is 0.852. The van der Waals surface area contributed by atoms with Crippen LogP contribution in [0.3, 0.4) is 0 Å². The van der Waals surface area contributed by atoms with Crippen molar-refractivity contribution >= 4 is 12.0 Å². The van der Waals surface area contributed by atoms with Gasteiger partial charge in [-0.1, -0.05) is 13.8 Å². The molecule has 0 radical (unpaired) electrons. The molecule has 2 amide bonds. The standard InChI is InChI=1S/C11H18N4O3/c1-3-11(4-2,9(16)17)15-10(18)13-6-8-5-12-7-14-8/h5,7H,3-4,6H2,1-2H3,(H,12,14)(H,16,17)(H2,13,15,18). The van der Waals surface area contributed by atoms with Crippen LogP contribution in [0.15, 0.2) is 12.5 Å². The van der Waals surface area contributed by atoms with Crippen LogP contribution in [-0.2, 0) is 11.3 Å². The van der Waals surface area contributed by atoms with E-state index < -0.39 is 17.5 Å². The number of nitrogens with zero attached hydrogens (tertiary/aromatic N) is 1. The molecule has 0 atom stereocenters. The van der Waals surface area contributed by atoms with Gasteiger partial charge in [0.25, 0.3) is 0 Å². The molecular weight excluding hydrogens is 236 g/mol. The minimum Gasteiger partial charge on any atom is -0.480 e. The van der Waals surface area contributed by atoms with Gasteiger partial charge in [0, 0.05) is 6.20 Å². The summed E-state index contributed by atoms with van der Waals surface area (Å²) in [5, 5.41) is 14.3. The average molecular weight is 254 g/mol. The first kappa shape index (κ1) is 14.0. The number of carbonyl (C=O) groups is 2. The molecule has 0 aliphatic rings. The zero-order valence-electron chi connectivity index (χ0n) is 10.5. The number of carboxylic acid groups (broad SMARTS) is 1. The summed E-state index contributed by atoms with van der Waals surface area (Å²) >= 11 is 0. The summed E-state index contributed by atoms with van der Waals surface area (Å²) in [4.78, 5) is 29.5. The van der Waals surface area contributed by atoms with Crippen molar-refractivity contribution in [1.82, 2.24) is 20.6 Å². The molecule has 7 heteroatoms. The average Bonchev–Trinajstić information content (AvgIpc) is 2.86. The van der Waals surface area contributed by atoms with Gasteiger partial charge in [-0.2, -0.15) is 0 Å². The highest BCUT2D eigenvalue weighted by Crippen LogP contribution is 2.15. The zero-order chi connectivity index (χ0) is 13.6. The molecule has 18 heavy (non-hydrogen) atoms. The van der Waals surface area contributed by atoms with Crippen molar-refractivity contribution in [3.63, 3.8) is 0 Å². The van der Waals surface area contributed by atoms with Gasteiger partial charge < -0.3 is 20.7 Å². The fourth-order valence-electron chi connectivity index (χ4n) is 1.60. The first-order valence-electron chi connectivity index (χ1n) is 5.80. The smallest absolute Gasteiger partial charge is 0.329 e. The number of hydrogen-bond acceptors (Lipinski definition) is 3. The lowest BCUT2D eigenvalue weighted by Gasteiger charge is -2.27. The first-order chi connectivity index (χ1) is 8.54. The largest absolute Gasteiger partial charge is 0.480 e. The number of imidazole rings is 1.